The lowest BCUT2D eigenvalue weighted by atomic mass is 9.91. The second-order valence-electron chi connectivity index (χ2n) is 9.51. The van der Waals surface area contributed by atoms with Crippen LogP contribution in [0.3, 0.4) is 0 Å². The van der Waals surface area contributed by atoms with E-state index >= 15 is 0 Å². The average molecular weight is 402 g/mol. The highest BCUT2D eigenvalue weighted by Crippen LogP contribution is 2.31. The summed E-state index contributed by atoms with van der Waals surface area (Å²) in [5.74, 6) is 6.79. The van der Waals surface area contributed by atoms with Gasteiger partial charge in [-0.2, -0.15) is 0 Å². The highest BCUT2D eigenvalue weighted by atomic mass is 16.5. The van der Waals surface area contributed by atoms with Crippen LogP contribution in [0, 0.1) is 11.8 Å². The molecule has 29 heavy (non-hydrogen) atoms. The minimum Gasteiger partial charge on any atom is -0.490 e. The number of hydrogen-bond donors (Lipinski definition) is 0. The molecular formula is C24H35NO4. The summed E-state index contributed by atoms with van der Waals surface area (Å²) >= 11 is 0. The Morgan fingerprint density at radius 1 is 1.07 bits per heavy atom. The molecule has 0 unspecified atom stereocenters. The van der Waals surface area contributed by atoms with Gasteiger partial charge >= 0.3 is 0 Å². The van der Waals surface area contributed by atoms with Crippen LogP contribution >= 0.6 is 0 Å². The smallest absolute Gasteiger partial charge is 0.248 e. The number of ether oxygens (including phenoxy) is 3. The van der Waals surface area contributed by atoms with Crippen LogP contribution in [0.1, 0.15) is 59.9 Å². The number of likely N-dealkylation sites (N-methyl/N-ethyl adjacent to an activating group) is 1. The van der Waals surface area contributed by atoms with E-state index < -0.39 is 0 Å². The second-order valence-corrected chi connectivity index (χ2v) is 9.51. The van der Waals surface area contributed by atoms with E-state index in [0.29, 0.717) is 6.10 Å². The number of hydrogen-bond acceptors (Lipinski definition) is 4. The molecule has 2 rings (SSSR count). The molecule has 0 spiro atoms. The maximum absolute atomic E-state index is 12.0. The van der Waals surface area contributed by atoms with Gasteiger partial charge in [0.05, 0.1) is 11.7 Å². The summed E-state index contributed by atoms with van der Waals surface area (Å²) in [6.07, 6.45) is 2.37. The van der Waals surface area contributed by atoms with Crippen molar-refractivity contribution in [1.29, 1.82) is 0 Å². The Balaban J connectivity index is 1.69. The zero-order valence-corrected chi connectivity index (χ0v) is 18.9. The van der Waals surface area contributed by atoms with Crippen molar-refractivity contribution < 1.29 is 19.0 Å². The highest BCUT2D eigenvalue weighted by Gasteiger charge is 2.34. The Hall–Kier alpha value is -2.03. The molecule has 0 aromatic heterocycles. The SMILES string of the molecule is CN(C(=O)COCC#Cc1ccc(OC2CC(OC(C)(C)C)C2)cc1)C(C)(C)C. The zero-order valence-electron chi connectivity index (χ0n) is 18.9. The van der Waals surface area contributed by atoms with Crippen molar-refractivity contribution in [2.75, 3.05) is 20.3 Å². The van der Waals surface area contributed by atoms with Crippen molar-refractivity contribution in [2.45, 2.75) is 77.7 Å². The van der Waals surface area contributed by atoms with Crippen LogP contribution in [0.25, 0.3) is 0 Å². The lowest BCUT2D eigenvalue weighted by Gasteiger charge is -2.39. The maximum Gasteiger partial charge on any atom is 0.248 e. The average Bonchev–Trinajstić information content (AvgIpc) is 2.58. The molecular weight excluding hydrogens is 366 g/mol. The number of rotatable bonds is 6. The molecule has 5 heteroatoms. The van der Waals surface area contributed by atoms with E-state index in [2.05, 4.69) is 32.6 Å². The van der Waals surface area contributed by atoms with Crippen molar-refractivity contribution >= 4 is 5.91 Å². The first-order valence-corrected chi connectivity index (χ1v) is 10.2. The van der Waals surface area contributed by atoms with Gasteiger partial charge in [0.1, 0.15) is 25.1 Å². The van der Waals surface area contributed by atoms with Crippen molar-refractivity contribution in [2.24, 2.45) is 0 Å². The standard InChI is InChI=1S/C24H35NO4/c1-23(2,3)25(7)22(26)17-27-14-8-9-18-10-12-19(13-11-18)28-20-15-21(16-20)29-24(4,5)6/h10-13,20-21H,14-17H2,1-7H3. The topological polar surface area (TPSA) is 48.0 Å². The summed E-state index contributed by atoms with van der Waals surface area (Å²) < 4.78 is 17.3. The molecule has 1 amide bonds. The van der Waals surface area contributed by atoms with Gasteiger partial charge in [-0.3, -0.25) is 4.79 Å². The van der Waals surface area contributed by atoms with E-state index in [-0.39, 0.29) is 36.4 Å². The quantitative estimate of drug-likeness (QED) is 0.533. The largest absolute Gasteiger partial charge is 0.490 e. The lowest BCUT2D eigenvalue weighted by molar-refractivity contribution is -0.138. The fourth-order valence-corrected chi connectivity index (χ4v) is 2.82. The fraction of sp³-hybridized carbons (Fsp3) is 0.625. The molecule has 0 atom stereocenters. The number of carbonyl (C=O) groups excluding carboxylic acids is 1. The molecule has 0 bridgehead atoms. The first-order chi connectivity index (χ1) is 13.4. The molecule has 0 radical (unpaired) electrons. The molecule has 160 valence electrons. The van der Waals surface area contributed by atoms with Gasteiger partial charge in [-0.15, -0.1) is 0 Å². The number of amides is 1. The first-order valence-electron chi connectivity index (χ1n) is 10.2. The summed E-state index contributed by atoms with van der Waals surface area (Å²) in [6, 6.07) is 7.74. The van der Waals surface area contributed by atoms with Crippen molar-refractivity contribution in [1.82, 2.24) is 4.90 Å². The maximum atomic E-state index is 12.0. The molecule has 0 N–H and O–H groups in total. The summed E-state index contributed by atoms with van der Waals surface area (Å²) in [7, 11) is 1.78. The van der Waals surface area contributed by atoms with Crippen LogP contribution in [0.15, 0.2) is 24.3 Å². The molecule has 1 fully saturated rings. The van der Waals surface area contributed by atoms with Crippen LogP contribution in [0.4, 0.5) is 0 Å². The van der Waals surface area contributed by atoms with Gasteiger partial charge < -0.3 is 19.1 Å². The van der Waals surface area contributed by atoms with Gasteiger partial charge in [0.25, 0.3) is 0 Å². The highest BCUT2D eigenvalue weighted by molar-refractivity contribution is 5.77. The van der Waals surface area contributed by atoms with Crippen molar-refractivity contribution in [3.8, 4) is 17.6 Å². The van der Waals surface area contributed by atoms with E-state index in [1.54, 1.807) is 11.9 Å². The minimum absolute atomic E-state index is 0.0382. The summed E-state index contributed by atoms with van der Waals surface area (Å²) in [5, 5.41) is 0. The van der Waals surface area contributed by atoms with Gasteiger partial charge in [-0.1, -0.05) is 11.8 Å². The van der Waals surface area contributed by atoms with E-state index in [1.807, 2.05) is 45.0 Å². The Morgan fingerprint density at radius 2 is 1.69 bits per heavy atom. The summed E-state index contributed by atoms with van der Waals surface area (Å²) in [4.78, 5) is 13.7. The van der Waals surface area contributed by atoms with E-state index in [4.69, 9.17) is 14.2 Å². The van der Waals surface area contributed by atoms with Crippen LogP contribution in [0.5, 0.6) is 5.75 Å². The second kappa shape index (κ2) is 9.65. The third-order valence-electron chi connectivity index (χ3n) is 4.74. The predicted molar refractivity (Wildman–Crippen MR) is 115 cm³/mol. The molecule has 0 aliphatic heterocycles. The van der Waals surface area contributed by atoms with Gasteiger partial charge in [0.15, 0.2) is 0 Å². The normalized spacial score (nSPS) is 19.0. The molecule has 1 aromatic carbocycles. The van der Waals surface area contributed by atoms with Crippen molar-refractivity contribution in [3.05, 3.63) is 29.8 Å². The van der Waals surface area contributed by atoms with E-state index in [1.165, 1.54) is 0 Å². The predicted octanol–water partition coefficient (Wildman–Crippen LogP) is 4.04. The summed E-state index contributed by atoms with van der Waals surface area (Å²) in [6.45, 7) is 12.5. The van der Waals surface area contributed by atoms with Crippen LogP contribution in [-0.2, 0) is 14.3 Å². The number of benzene rings is 1. The molecule has 5 nitrogen and oxygen atoms in total. The van der Waals surface area contributed by atoms with Crippen LogP contribution < -0.4 is 4.74 Å². The minimum atomic E-state index is -0.212. The third-order valence-corrected chi connectivity index (χ3v) is 4.74. The zero-order chi connectivity index (χ0) is 21.7. The Labute approximate surface area is 175 Å². The van der Waals surface area contributed by atoms with Crippen LogP contribution in [0.2, 0.25) is 0 Å². The first kappa shape index (κ1) is 23.3. The Bertz CT molecular complexity index is 725. The van der Waals surface area contributed by atoms with Crippen LogP contribution in [-0.4, -0.2) is 54.4 Å². The monoisotopic (exact) mass is 401 g/mol. The number of carbonyl (C=O) groups is 1. The Morgan fingerprint density at radius 3 is 2.24 bits per heavy atom. The number of nitrogens with zero attached hydrogens (tertiary/aromatic N) is 1. The molecule has 0 saturated heterocycles. The van der Waals surface area contributed by atoms with Gasteiger partial charge in [0, 0.05) is 31.0 Å². The fourth-order valence-electron chi connectivity index (χ4n) is 2.82. The van der Waals surface area contributed by atoms with E-state index in [0.717, 1.165) is 24.2 Å². The molecule has 0 heterocycles. The lowest BCUT2D eigenvalue weighted by Crippen LogP contribution is -2.44. The Kier molecular flexibility index (Phi) is 7.73. The van der Waals surface area contributed by atoms with E-state index in [9.17, 15) is 4.79 Å². The van der Waals surface area contributed by atoms with Gasteiger partial charge in [0.2, 0.25) is 5.91 Å². The molecule has 1 aliphatic carbocycles. The third kappa shape index (κ3) is 8.08. The van der Waals surface area contributed by atoms with Gasteiger partial charge in [-0.05, 0) is 65.8 Å². The van der Waals surface area contributed by atoms with Gasteiger partial charge in [-0.25, -0.2) is 0 Å². The molecule has 1 aliphatic rings. The molecule has 1 saturated carbocycles. The van der Waals surface area contributed by atoms with Crippen molar-refractivity contribution in [3.63, 3.8) is 0 Å². The summed E-state index contributed by atoms with van der Waals surface area (Å²) in [5.41, 5.74) is 0.576. The molecule has 1 aromatic rings.